The Morgan fingerprint density at radius 2 is 2.27 bits per heavy atom. The van der Waals surface area contributed by atoms with Gasteiger partial charge in [0.15, 0.2) is 0 Å². The van der Waals surface area contributed by atoms with Crippen molar-refractivity contribution in [1.82, 2.24) is 14.8 Å². The second kappa shape index (κ2) is 4.14. The number of nitrogens with two attached hydrogens (primary N) is 1. The van der Waals surface area contributed by atoms with Gasteiger partial charge < -0.3 is 10.3 Å². The third-order valence-electron chi connectivity index (χ3n) is 3.07. The Morgan fingerprint density at radius 1 is 1.53 bits per heavy atom. The van der Waals surface area contributed by atoms with Crippen molar-refractivity contribution in [3.63, 3.8) is 0 Å². The van der Waals surface area contributed by atoms with E-state index >= 15 is 0 Å². The molecule has 0 aliphatic heterocycles. The molecule has 1 aromatic heterocycles. The molecule has 0 atom stereocenters. The fraction of sp³-hybridized carbons (Fsp3) is 0.636. The largest absolute Gasteiger partial charge is 0.328 e. The summed E-state index contributed by atoms with van der Waals surface area (Å²) in [6.07, 6.45) is 5.13. The first-order chi connectivity index (χ1) is 7.20. The van der Waals surface area contributed by atoms with E-state index in [4.69, 9.17) is 5.73 Å². The smallest absolute Gasteiger partial charge is 0.133 e. The van der Waals surface area contributed by atoms with E-state index in [0.717, 1.165) is 37.5 Å². The van der Waals surface area contributed by atoms with Crippen LogP contribution in [0.2, 0.25) is 0 Å². The van der Waals surface area contributed by atoms with E-state index in [2.05, 4.69) is 21.3 Å². The Hall–Kier alpha value is -1.16. The van der Waals surface area contributed by atoms with Gasteiger partial charge in [0, 0.05) is 19.0 Å². The molecule has 0 saturated heterocycles. The van der Waals surface area contributed by atoms with Gasteiger partial charge >= 0.3 is 0 Å². The van der Waals surface area contributed by atoms with E-state index in [1.165, 1.54) is 0 Å². The average molecular weight is 206 g/mol. The summed E-state index contributed by atoms with van der Waals surface area (Å²) in [5.41, 5.74) is 5.77. The Labute approximate surface area is 90.2 Å². The first-order valence-corrected chi connectivity index (χ1v) is 5.46. The molecule has 0 amide bonds. The normalized spacial score (nSPS) is 24.9. The quantitative estimate of drug-likeness (QED) is 0.749. The van der Waals surface area contributed by atoms with Crippen LogP contribution in [-0.2, 0) is 13.0 Å². The minimum atomic E-state index is 0.409. The highest BCUT2D eigenvalue weighted by Crippen LogP contribution is 2.28. The predicted octanol–water partition coefficient (Wildman–Crippen LogP) is 1.05. The lowest BCUT2D eigenvalue weighted by Crippen LogP contribution is -2.37. The molecule has 0 spiro atoms. The van der Waals surface area contributed by atoms with Gasteiger partial charge in [-0.05, 0) is 25.7 Å². The van der Waals surface area contributed by atoms with Crippen molar-refractivity contribution in [2.75, 3.05) is 0 Å². The lowest BCUT2D eigenvalue weighted by Gasteiger charge is -2.32. The highest BCUT2D eigenvalue weighted by molar-refractivity contribution is 4.99. The summed E-state index contributed by atoms with van der Waals surface area (Å²) in [4.78, 5) is 0. The lowest BCUT2D eigenvalue weighted by molar-refractivity contribution is 0.258. The maximum Gasteiger partial charge on any atom is 0.133 e. The maximum absolute atomic E-state index is 5.77. The molecule has 0 bridgehead atoms. The monoisotopic (exact) mass is 206 g/mol. The van der Waals surface area contributed by atoms with Gasteiger partial charge in [-0.2, -0.15) is 0 Å². The van der Waals surface area contributed by atoms with Gasteiger partial charge in [-0.15, -0.1) is 16.8 Å². The standard InChI is InChI=1S/C11H18N4/c1-3-4-15-8(2)13-14-11(15)7-9-5-10(12)6-9/h3,9-10H,1,4-7,12H2,2H3. The number of aromatic nitrogens is 3. The van der Waals surface area contributed by atoms with Gasteiger partial charge in [0.2, 0.25) is 0 Å². The van der Waals surface area contributed by atoms with Gasteiger partial charge in [-0.1, -0.05) is 6.08 Å². The van der Waals surface area contributed by atoms with Gasteiger partial charge in [-0.3, -0.25) is 0 Å². The van der Waals surface area contributed by atoms with E-state index in [1.54, 1.807) is 0 Å². The van der Waals surface area contributed by atoms with Crippen molar-refractivity contribution in [3.05, 3.63) is 24.3 Å². The summed E-state index contributed by atoms with van der Waals surface area (Å²) in [7, 11) is 0. The molecule has 1 heterocycles. The first kappa shape index (κ1) is 10.4. The van der Waals surface area contributed by atoms with Crippen molar-refractivity contribution >= 4 is 0 Å². The second-order valence-electron chi connectivity index (χ2n) is 4.36. The van der Waals surface area contributed by atoms with E-state index in [-0.39, 0.29) is 0 Å². The van der Waals surface area contributed by atoms with Crippen LogP contribution in [0, 0.1) is 12.8 Å². The van der Waals surface area contributed by atoms with E-state index in [9.17, 15) is 0 Å². The summed E-state index contributed by atoms with van der Waals surface area (Å²) >= 11 is 0. The fourth-order valence-corrected chi connectivity index (χ4v) is 2.15. The Morgan fingerprint density at radius 3 is 2.87 bits per heavy atom. The summed E-state index contributed by atoms with van der Waals surface area (Å²) in [6, 6.07) is 0.409. The van der Waals surface area contributed by atoms with Crippen LogP contribution in [0.5, 0.6) is 0 Å². The van der Waals surface area contributed by atoms with Crippen LogP contribution < -0.4 is 5.73 Å². The van der Waals surface area contributed by atoms with Crippen molar-refractivity contribution < 1.29 is 0 Å². The molecule has 1 fully saturated rings. The molecule has 82 valence electrons. The van der Waals surface area contributed by atoms with Crippen LogP contribution in [0.3, 0.4) is 0 Å². The highest BCUT2D eigenvalue weighted by atomic mass is 15.3. The topological polar surface area (TPSA) is 56.7 Å². The van der Waals surface area contributed by atoms with E-state index < -0.39 is 0 Å². The van der Waals surface area contributed by atoms with Crippen molar-refractivity contribution in [1.29, 1.82) is 0 Å². The van der Waals surface area contributed by atoms with Crippen molar-refractivity contribution in [2.45, 2.75) is 38.8 Å². The zero-order chi connectivity index (χ0) is 10.8. The number of nitrogens with zero attached hydrogens (tertiary/aromatic N) is 3. The Balaban J connectivity index is 2.04. The average Bonchev–Trinajstić information content (AvgIpc) is 2.48. The van der Waals surface area contributed by atoms with Gasteiger partial charge in [-0.25, -0.2) is 0 Å². The summed E-state index contributed by atoms with van der Waals surface area (Å²) in [5.74, 6) is 2.74. The highest BCUT2D eigenvalue weighted by Gasteiger charge is 2.27. The van der Waals surface area contributed by atoms with Crippen LogP contribution in [0.1, 0.15) is 24.5 Å². The van der Waals surface area contributed by atoms with Crippen LogP contribution in [0.25, 0.3) is 0 Å². The van der Waals surface area contributed by atoms with Gasteiger partial charge in [0.05, 0.1) is 0 Å². The zero-order valence-corrected chi connectivity index (χ0v) is 9.19. The van der Waals surface area contributed by atoms with Gasteiger partial charge in [0.25, 0.3) is 0 Å². The lowest BCUT2D eigenvalue weighted by atomic mass is 9.78. The first-order valence-electron chi connectivity index (χ1n) is 5.46. The van der Waals surface area contributed by atoms with Crippen LogP contribution >= 0.6 is 0 Å². The number of aryl methyl sites for hydroxylation is 1. The third-order valence-corrected chi connectivity index (χ3v) is 3.07. The molecule has 2 N–H and O–H groups in total. The number of hydrogen-bond donors (Lipinski definition) is 1. The van der Waals surface area contributed by atoms with Crippen LogP contribution in [0.15, 0.2) is 12.7 Å². The molecule has 1 aromatic rings. The van der Waals surface area contributed by atoms with Crippen LogP contribution in [-0.4, -0.2) is 20.8 Å². The molecule has 15 heavy (non-hydrogen) atoms. The van der Waals surface area contributed by atoms with Gasteiger partial charge in [0.1, 0.15) is 11.6 Å². The van der Waals surface area contributed by atoms with Crippen LogP contribution in [0.4, 0.5) is 0 Å². The molecule has 0 aromatic carbocycles. The summed E-state index contributed by atoms with van der Waals surface area (Å²) in [5, 5.41) is 8.31. The molecule has 1 saturated carbocycles. The molecule has 0 unspecified atom stereocenters. The third kappa shape index (κ3) is 2.09. The second-order valence-corrected chi connectivity index (χ2v) is 4.36. The number of rotatable bonds is 4. The zero-order valence-electron chi connectivity index (χ0n) is 9.19. The SMILES string of the molecule is C=CCn1c(C)nnc1CC1CC(N)C1. The van der Waals surface area contributed by atoms with Crippen molar-refractivity contribution in [3.8, 4) is 0 Å². The number of allylic oxidation sites excluding steroid dienone is 1. The molecule has 4 heteroatoms. The molecule has 2 rings (SSSR count). The fourth-order valence-electron chi connectivity index (χ4n) is 2.15. The summed E-state index contributed by atoms with van der Waals surface area (Å²) < 4.78 is 2.12. The molecule has 4 nitrogen and oxygen atoms in total. The number of hydrogen-bond acceptors (Lipinski definition) is 3. The molecular weight excluding hydrogens is 188 g/mol. The minimum Gasteiger partial charge on any atom is -0.328 e. The maximum atomic E-state index is 5.77. The molecular formula is C11H18N4. The predicted molar refractivity (Wildman–Crippen MR) is 59.4 cm³/mol. The van der Waals surface area contributed by atoms with E-state index in [0.29, 0.717) is 12.0 Å². The molecule has 1 aliphatic carbocycles. The summed E-state index contributed by atoms with van der Waals surface area (Å²) in [6.45, 7) is 6.52. The van der Waals surface area contributed by atoms with Crippen molar-refractivity contribution in [2.24, 2.45) is 11.7 Å². The Kier molecular flexibility index (Phi) is 2.86. The Bertz CT molecular complexity index is 349. The molecule has 0 radical (unpaired) electrons. The molecule has 1 aliphatic rings. The van der Waals surface area contributed by atoms with E-state index in [1.807, 2.05) is 13.0 Å². The minimum absolute atomic E-state index is 0.409.